The average molecular weight is 215 g/mol. The normalized spacial score (nSPS) is 28.2. The summed E-state index contributed by atoms with van der Waals surface area (Å²) in [6.45, 7) is 6.17. The Hall–Kier alpha value is -0.120. The molecule has 1 aliphatic heterocycles. The smallest absolute Gasteiger partial charge is 0.0693 e. The van der Waals surface area contributed by atoms with Gasteiger partial charge in [-0.2, -0.15) is 0 Å². The van der Waals surface area contributed by atoms with Crippen molar-refractivity contribution < 1.29 is 9.84 Å². The molecule has 0 aromatic carbocycles. The molecule has 15 heavy (non-hydrogen) atoms. The van der Waals surface area contributed by atoms with E-state index in [-0.39, 0.29) is 6.10 Å². The molecule has 0 aliphatic carbocycles. The fourth-order valence-corrected chi connectivity index (χ4v) is 2.08. The maximum atomic E-state index is 9.73. The van der Waals surface area contributed by atoms with Crippen molar-refractivity contribution in [1.82, 2.24) is 4.90 Å². The Balaban J connectivity index is 2.02. The lowest BCUT2D eigenvalue weighted by Gasteiger charge is -2.34. The van der Waals surface area contributed by atoms with Crippen LogP contribution in [0.4, 0.5) is 0 Å². The van der Waals surface area contributed by atoms with Crippen molar-refractivity contribution in [1.29, 1.82) is 0 Å². The first-order chi connectivity index (χ1) is 7.24. The molecule has 1 heterocycles. The topological polar surface area (TPSA) is 32.7 Å². The second-order valence-corrected chi connectivity index (χ2v) is 4.69. The van der Waals surface area contributed by atoms with Gasteiger partial charge in [-0.25, -0.2) is 0 Å². The van der Waals surface area contributed by atoms with Crippen LogP contribution in [-0.2, 0) is 4.74 Å². The van der Waals surface area contributed by atoms with Crippen molar-refractivity contribution in [3.05, 3.63) is 0 Å². The Labute approximate surface area is 93.4 Å². The van der Waals surface area contributed by atoms with Gasteiger partial charge >= 0.3 is 0 Å². The van der Waals surface area contributed by atoms with Crippen LogP contribution in [0.3, 0.4) is 0 Å². The Kier molecular flexibility index (Phi) is 6.22. The highest BCUT2D eigenvalue weighted by molar-refractivity contribution is 4.76. The van der Waals surface area contributed by atoms with Crippen molar-refractivity contribution >= 4 is 0 Å². The number of likely N-dealkylation sites (tertiary alicyclic amines) is 1. The molecule has 0 bridgehead atoms. The number of piperidine rings is 1. The number of β-amino-alcohol motifs (C(OH)–C–C–N with tert-alkyl or cyclic N) is 1. The van der Waals surface area contributed by atoms with Gasteiger partial charge in [-0.3, -0.25) is 0 Å². The van der Waals surface area contributed by atoms with Crippen LogP contribution in [-0.4, -0.2) is 49.5 Å². The molecule has 3 nitrogen and oxygen atoms in total. The van der Waals surface area contributed by atoms with E-state index < -0.39 is 0 Å². The first kappa shape index (κ1) is 12.9. The van der Waals surface area contributed by atoms with Crippen LogP contribution in [0.5, 0.6) is 0 Å². The molecule has 3 heteroatoms. The summed E-state index contributed by atoms with van der Waals surface area (Å²) in [7, 11) is 1.75. The van der Waals surface area contributed by atoms with Crippen molar-refractivity contribution in [3.8, 4) is 0 Å². The largest absolute Gasteiger partial charge is 0.392 e. The van der Waals surface area contributed by atoms with Crippen molar-refractivity contribution in [2.45, 2.75) is 38.7 Å². The van der Waals surface area contributed by atoms with Gasteiger partial charge in [0.1, 0.15) is 0 Å². The summed E-state index contributed by atoms with van der Waals surface area (Å²) < 4.78 is 5.01. The van der Waals surface area contributed by atoms with Crippen molar-refractivity contribution in [2.75, 3.05) is 33.4 Å². The number of nitrogens with zero attached hydrogens (tertiary/aromatic N) is 1. The third-order valence-corrected chi connectivity index (χ3v) is 3.33. The molecule has 1 fully saturated rings. The van der Waals surface area contributed by atoms with Crippen molar-refractivity contribution in [3.63, 3.8) is 0 Å². The molecule has 1 N–H and O–H groups in total. The van der Waals surface area contributed by atoms with E-state index in [2.05, 4.69) is 11.8 Å². The van der Waals surface area contributed by atoms with E-state index in [0.29, 0.717) is 5.92 Å². The van der Waals surface area contributed by atoms with Gasteiger partial charge in [0.2, 0.25) is 0 Å². The summed E-state index contributed by atoms with van der Waals surface area (Å²) in [5.41, 5.74) is 0. The Morgan fingerprint density at radius 3 is 2.80 bits per heavy atom. The maximum Gasteiger partial charge on any atom is 0.0693 e. The lowest BCUT2D eigenvalue weighted by molar-refractivity contribution is 0.0284. The lowest BCUT2D eigenvalue weighted by atomic mass is 9.96. The molecular formula is C12H25NO2. The Bertz CT molecular complexity index is 164. The summed E-state index contributed by atoms with van der Waals surface area (Å²) in [4.78, 5) is 2.39. The SMILES string of the molecule is COCCCCCN1CCC(C)C(O)C1. The summed E-state index contributed by atoms with van der Waals surface area (Å²) in [6.07, 6.45) is 4.64. The zero-order chi connectivity index (χ0) is 11.1. The molecule has 90 valence electrons. The molecule has 0 aromatic heterocycles. The van der Waals surface area contributed by atoms with Gasteiger partial charge in [-0.1, -0.05) is 6.92 Å². The van der Waals surface area contributed by atoms with Gasteiger partial charge < -0.3 is 14.7 Å². The highest BCUT2D eigenvalue weighted by atomic mass is 16.5. The molecule has 2 atom stereocenters. The lowest BCUT2D eigenvalue weighted by Crippen LogP contribution is -2.43. The van der Waals surface area contributed by atoms with Crippen LogP contribution in [0.2, 0.25) is 0 Å². The van der Waals surface area contributed by atoms with Gasteiger partial charge in [0, 0.05) is 20.3 Å². The van der Waals surface area contributed by atoms with Gasteiger partial charge in [0.05, 0.1) is 6.10 Å². The zero-order valence-electron chi connectivity index (χ0n) is 10.1. The van der Waals surface area contributed by atoms with Crippen LogP contribution in [0.15, 0.2) is 0 Å². The van der Waals surface area contributed by atoms with E-state index in [0.717, 1.165) is 39.1 Å². The highest BCUT2D eigenvalue weighted by Crippen LogP contribution is 2.17. The standard InChI is InChI=1S/C12H25NO2/c1-11-6-8-13(10-12(11)14)7-4-3-5-9-15-2/h11-12,14H,3-10H2,1-2H3. The highest BCUT2D eigenvalue weighted by Gasteiger charge is 2.23. The number of aliphatic hydroxyl groups excluding tert-OH is 1. The molecule has 1 rings (SSSR count). The third kappa shape index (κ3) is 4.96. The number of rotatable bonds is 6. The van der Waals surface area contributed by atoms with E-state index in [4.69, 9.17) is 4.74 Å². The summed E-state index contributed by atoms with van der Waals surface area (Å²) in [6, 6.07) is 0. The molecule has 2 unspecified atom stereocenters. The number of hydrogen-bond donors (Lipinski definition) is 1. The Morgan fingerprint density at radius 2 is 2.13 bits per heavy atom. The number of hydrogen-bond acceptors (Lipinski definition) is 3. The van der Waals surface area contributed by atoms with E-state index in [1.54, 1.807) is 7.11 Å². The fourth-order valence-electron chi connectivity index (χ4n) is 2.08. The molecule has 1 aliphatic rings. The molecule has 0 aromatic rings. The number of methoxy groups -OCH3 is 1. The van der Waals surface area contributed by atoms with E-state index in [1.165, 1.54) is 12.8 Å². The van der Waals surface area contributed by atoms with Gasteiger partial charge in [-0.15, -0.1) is 0 Å². The molecule has 0 radical (unpaired) electrons. The average Bonchev–Trinajstić information content (AvgIpc) is 2.23. The van der Waals surface area contributed by atoms with Crippen LogP contribution < -0.4 is 0 Å². The minimum Gasteiger partial charge on any atom is -0.392 e. The van der Waals surface area contributed by atoms with E-state index >= 15 is 0 Å². The summed E-state index contributed by atoms with van der Waals surface area (Å²) in [5, 5.41) is 9.73. The molecule has 0 amide bonds. The van der Waals surface area contributed by atoms with Crippen LogP contribution in [0.25, 0.3) is 0 Å². The minimum absolute atomic E-state index is 0.113. The van der Waals surface area contributed by atoms with E-state index in [9.17, 15) is 5.11 Å². The van der Waals surface area contributed by atoms with E-state index in [1.807, 2.05) is 0 Å². The monoisotopic (exact) mass is 215 g/mol. The van der Waals surface area contributed by atoms with Crippen LogP contribution in [0, 0.1) is 5.92 Å². The predicted molar refractivity (Wildman–Crippen MR) is 62.0 cm³/mol. The van der Waals surface area contributed by atoms with Crippen molar-refractivity contribution in [2.24, 2.45) is 5.92 Å². The quantitative estimate of drug-likeness (QED) is 0.682. The Morgan fingerprint density at radius 1 is 1.33 bits per heavy atom. The van der Waals surface area contributed by atoms with Gasteiger partial charge in [-0.05, 0) is 44.7 Å². The van der Waals surface area contributed by atoms with Crippen LogP contribution >= 0.6 is 0 Å². The zero-order valence-corrected chi connectivity index (χ0v) is 10.1. The summed E-state index contributed by atoms with van der Waals surface area (Å²) >= 11 is 0. The molecule has 0 saturated carbocycles. The second kappa shape index (κ2) is 7.20. The number of unbranched alkanes of at least 4 members (excludes halogenated alkanes) is 2. The van der Waals surface area contributed by atoms with Crippen LogP contribution in [0.1, 0.15) is 32.6 Å². The summed E-state index contributed by atoms with van der Waals surface area (Å²) in [5.74, 6) is 0.481. The minimum atomic E-state index is -0.113. The first-order valence-corrected chi connectivity index (χ1v) is 6.13. The first-order valence-electron chi connectivity index (χ1n) is 6.13. The van der Waals surface area contributed by atoms with Gasteiger partial charge in [0.15, 0.2) is 0 Å². The maximum absolute atomic E-state index is 9.73. The predicted octanol–water partition coefficient (Wildman–Crippen LogP) is 1.51. The number of ether oxygens (including phenoxy) is 1. The number of aliphatic hydroxyl groups is 1. The fraction of sp³-hybridized carbons (Fsp3) is 1.00. The second-order valence-electron chi connectivity index (χ2n) is 4.69. The van der Waals surface area contributed by atoms with Gasteiger partial charge in [0.25, 0.3) is 0 Å². The molecular weight excluding hydrogens is 190 g/mol. The molecule has 1 saturated heterocycles. The third-order valence-electron chi connectivity index (χ3n) is 3.33. The molecule has 0 spiro atoms.